The molecule has 0 fully saturated rings. The standard InChI is InChI=1S/C3H7ClO.Na.H3O4P.H/c1-3(5)2-4;;1-5(2,3)4;/h3,5H,2H2,1H3;;(H3,1,2,3,4);/q;+1;;-1. The van der Waals surface area contributed by atoms with Gasteiger partial charge in [0.2, 0.25) is 0 Å². The summed E-state index contributed by atoms with van der Waals surface area (Å²) in [5.41, 5.74) is 0. The van der Waals surface area contributed by atoms with Gasteiger partial charge in [0.15, 0.2) is 0 Å². The van der Waals surface area contributed by atoms with Crippen LogP contribution in [0.15, 0.2) is 0 Å². The molecular formula is C3H11ClNaO5P. The number of alkyl halides is 1. The molecule has 0 amide bonds. The number of phosphoric acid groups is 1. The van der Waals surface area contributed by atoms with Crippen molar-refractivity contribution in [1.29, 1.82) is 0 Å². The van der Waals surface area contributed by atoms with Gasteiger partial charge in [0.25, 0.3) is 0 Å². The van der Waals surface area contributed by atoms with Crippen molar-refractivity contribution in [3.05, 3.63) is 0 Å². The monoisotopic (exact) mass is 216 g/mol. The van der Waals surface area contributed by atoms with Crippen molar-refractivity contribution < 1.29 is 55.3 Å². The van der Waals surface area contributed by atoms with E-state index in [1.807, 2.05) is 0 Å². The Kier molecular flexibility index (Phi) is 15.6. The molecule has 1 atom stereocenters. The first-order valence-electron chi connectivity index (χ1n) is 2.29. The van der Waals surface area contributed by atoms with Crippen LogP contribution in [0.3, 0.4) is 0 Å². The van der Waals surface area contributed by atoms with Crippen molar-refractivity contribution in [1.82, 2.24) is 0 Å². The second kappa shape index (κ2) is 9.45. The summed E-state index contributed by atoms with van der Waals surface area (Å²) < 4.78 is 8.88. The Bertz CT molecular complexity index is 111. The van der Waals surface area contributed by atoms with Crippen molar-refractivity contribution in [2.24, 2.45) is 0 Å². The molecule has 5 nitrogen and oxygen atoms in total. The Hall–Kier alpha value is 1.36. The van der Waals surface area contributed by atoms with Crippen LogP contribution in [0.1, 0.15) is 8.35 Å². The first-order valence-corrected chi connectivity index (χ1v) is 4.39. The van der Waals surface area contributed by atoms with E-state index in [2.05, 4.69) is 0 Å². The fraction of sp³-hybridized carbons (Fsp3) is 1.00. The van der Waals surface area contributed by atoms with Gasteiger partial charge in [-0.3, -0.25) is 0 Å². The topological polar surface area (TPSA) is 98.0 Å². The van der Waals surface area contributed by atoms with Crippen LogP contribution < -0.4 is 29.6 Å². The molecule has 1 unspecified atom stereocenters. The zero-order chi connectivity index (χ0) is 8.78. The Morgan fingerprint density at radius 3 is 1.64 bits per heavy atom. The molecule has 0 spiro atoms. The average molecular weight is 217 g/mol. The van der Waals surface area contributed by atoms with E-state index >= 15 is 0 Å². The number of halogens is 1. The van der Waals surface area contributed by atoms with Crippen molar-refractivity contribution in [3.63, 3.8) is 0 Å². The summed E-state index contributed by atoms with van der Waals surface area (Å²) in [6.07, 6.45) is -0.350. The van der Waals surface area contributed by atoms with Gasteiger partial charge in [-0.15, -0.1) is 11.6 Å². The number of rotatable bonds is 1. The second-order valence-electron chi connectivity index (χ2n) is 1.52. The Morgan fingerprint density at radius 2 is 1.64 bits per heavy atom. The smallest absolute Gasteiger partial charge is 1.00 e. The third-order valence-corrected chi connectivity index (χ3v) is 0.670. The molecule has 0 aliphatic carbocycles. The van der Waals surface area contributed by atoms with Crippen LogP contribution in [0, 0.1) is 0 Å². The summed E-state index contributed by atoms with van der Waals surface area (Å²) in [5.74, 6) is 0.333. The van der Waals surface area contributed by atoms with E-state index in [0.717, 1.165) is 0 Å². The van der Waals surface area contributed by atoms with Crippen molar-refractivity contribution >= 4 is 19.4 Å². The normalized spacial score (nSPS) is 12.2. The van der Waals surface area contributed by atoms with Crippen molar-refractivity contribution in [3.8, 4) is 0 Å². The predicted molar refractivity (Wildman–Crippen MR) is 37.8 cm³/mol. The van der Waals surface area contributed by atoms with Gasteiger partial charge < -0.3 is 21.2 Å². The van der Waals surface area contributed by atoms with E-state index in [-0.39, 0.29) is 37.1 Å². The molecule has 0 aromatic rings. The van der Waals surface area contributed by atoms with Crippen LogP contribution in [-0.2, 0) is 4.57 Å². The van der Waals surface area contributed by atoms with Gasteiger partial charge in [0, 0.05) is 5.88 Å². The molecule has 0 saturated heterocycles. The molecule has 0 heterocycles. The minimum Gasteiger partial charge on any atom is -1.00 e. The average Bonchev–Trinajstić information content (AvgIpc) is 1.61. The van der Waals surface area contributed by atoms with E-state index in [0.29, 0.717) is 5.88 Å². The van der Waals surface area contributed by atoms with E-state index < -0.39 is 7.82 Å². The summed E-state index contributed by atoms with van der Waals surface area (Å²) in [7, 11) is -4.64. The molecule has 0 bridgehead atoms. The molecule has 11 heavy (non-hydrogen) atoms. The maximum absolute atomic E-state index is 8.88. The first-order chi connectivity index (χ1) is 4.27. The van der Waals surface area contributed by atoms with E-state index in [4.69, 9.17) is 36.0 Å². The van der Waals surface area contributed by atoms with Crippen LogP contribution >= 0.6 is 19.4 Å². The quantitative estimate of drug-likeness (QED) is 0.210. The number of hydrogen-bond acceptors (Lipinski definition) is 2. The van der Waals surface area contributed by atoms with E-state index in [1.165, 1.54) is 0 Å². The minimum atomic E-state index is -4.64. The fourth-order valence-electron chi connectivity index (χ4n) is 0. The number of hydrogen-bond donors (Lipinski definition) is 4. The third kappa shape index (κ3) is 88.2. The molecule has 0 rings (SSSR count). The molecule has 0 saturated carbocycles. The van der Waals surface area contributed by atoms with Crippen LogP contribution in [-0.4, -0.2) is 31.8 Å². The summed E-state index contributed by atoms with van der Waals surface area (Å²) in [6.45, 7) is 1.65. The molecule has 0 aliphatic rings. The molecule has 4 N–H and O–H groups in total. The van der Waals surface area contributed by atoms with Crippen LogP contribution in [0.25, 0.3) is 0 Å². The van der Waals surface area contributed by atoms with Crippen molar-refractivity contribution in [2.45, 2.75) is 13.0 Å². The van der Waals surface area contributed by atoms with E-state index in [1.54, 1.807) is 6.92 Å². The Morgan fingerprint density at radius 1 is 1.55 bits per heavy atom. The second-order valence-corrected chi connectivity index (χ2v) is 2.85. The van der Waals surface area contributed by atoms with Crippen LogP contribution in [0.4, 0.5) is 0 Å². The van der Waals surface area contributed by atoms with Gasteiger partial charge in [-0.05, 0) is 6.92 Å². The summed E-state index contributed by atoms with van der Waals surface area (Å²) in [6, 6.07) is 0. The summed E-state index contributed by atoms with van der Waals surface area (Å²) in [5, 5.41) is 8.23. The molecule has 66 valence electrons. The number of aliphatic hydroxyl groups excluding tert-OH is 1. The largest absolute Gasteiger partial charge is 1.00 e. The molecule has 0 aromatic carbocycles. The molecule has 0 aromatic heterocycles. The van der Waals surface area contributed by atoms with Gasteiger partial charge in [0.1, 0.15) is 0 Å². The van der Waals surface area contributed by atoms with Gasteiger partial charge in [-0.2, -0.15) is 0 Å². The van der Waals surface area contributed by atoms with Crippen LogP contribution in [0.5, 0.6) is 0 Å². The van der Waals surface area contributed by atoms with Gasteiger partial charge in [-0.1, -0.05) is 0 Å². The molecule has 0 radical (unpaired) electrons. The predicted octanol–water partition coefficient (Wildman–Crippen LogP) is -3.21. The zero-order valence-electron chi connectivity index (χ0n) is 7.31. The maximum atomic E-state index is 8.88. The van der Waals surface area contributed by atoms with Gasteiger partial charge in [0.05, 0.1) is 6.10 Å². The van der Waals surface area contributed by atoms with Gasteiger partial charge >= 0.3 is 37.4 Å². The summed E-state index contributed by atoms with van der Waals surface area (Å²) >= 11 is 5.09. The Balaban J connectivity index is -0.0000000457. The third-order valence-electron chi connectivity index (χ3n) is 0.223. The number of aliphatic hydroxyl groups is 1. The molecule has 0 aliphatic heterocycles. The maximum Gasteiger partial charge on any atom is 1.00 e. The van der Waals surface area contributed by atoms with Crippen molar-refractivity contribution in [2.75, 3.05) is 5.88 Å². The Labute approximate surface area is 93.4 Å². The first kappa shape index (κ1) is 18.2. The molecular weight excluding hydrogens is 205 g/mol. The van der Waals surface area contributed by atoms with E-state index in [9.17, 15) is 0 Å². The SMILES string of the molecule is CC(O)CCl.O=P(O)(O)O.[H-].[Na+]. The summed E-state index contributed by atoms with van der Waals surface area (Å²) in [4.78, 5) is 21.6. The molecule has 8 heteroatoms. The fourth-order valence-corrected chi connectivity index (χ4v) is 0. The van der Waals surface area contributed by atoms with Crippen LogP contribution in [0.2, 0.25) is 0 Å². The minimum absolute atomic E-state index is 0. The van der Waals surface area contributed by atoms with Gasteiger partial charge in [-0.25, -0.2) is 4.57 Å². The zero-order valence-corrected chi connectivity index (χ0v) is 9.96.